The molecule has 1 atom stereocenters. The summed E-state index contributed by atoms with van der Waals surface area (Å²) in [5, 5.41) is 3.47. The van der Waals surface area contributed by atoms with Gasteiger partial charge in [-0.05, 0) is 50.4 Å². The summed E-state index contributed by atoms with van der Waals surface area (Å²) in [7, 11) is 1.61. The summed E-state index contributed by atoms with van der Waals surface area (Å²) in [5.74, 6) is 1.15. The van der Waals surface area contributed by atoms with Crippen molar-refractivity contribution in [3.8, 4) is 5.75 Å². The van der Waals surface area contributed by atoms with Crippen LogP contribution in [0.5, 0.6) is 5.75 Å². The molecule has 0 aromatic heterocycles. The lowest BCUT2D eigenvalue weighted by molar-refractivity contribution is 0.0656. The highest BCUT2D eigenvalue weighted by atomic mass is 19.1. The van der Waals surface area contributed by atoms with Crippen LogP contribution in [0.3, 0.4) is 0 Å². The average Bonchev–Trinajstić information content (AvgIpc) is 2.46. The van der Waals surface area contributed by atoms with Crippen LogP contribution in [-0.4, -0.2) is 26.9 Å². The van der Waals surface area contributed by atoms with Gasteiger partial charge in [0, 0.05) is 24.8 Å². The van der Waals surface area contributed by atoms with Gasteiger partial charge in [0.1, 0.15) is 11.6 Å². The van der Waals surface area contributed by atoms with E-state index in [4.69, 9.17) is 9.47 Å². The van der Waals surface area contributed by atoms with E-state index in [2.05, 4.69) is 5.32 Å². The molecule has 1 saturated heterocycles. The minimum atomic E-state index is -0.226. The van der Waals surface area contributed by atoms with Crippen molar-refractivity contribution in [2.75, 3.05) is 26.9 Å². The number of ether oxygens (including phenoxy) is 2. The van der Waals surface area contributed by atoms with Crippen molar-refractivity contribution in [2.45, 2.75) is 25.8 Å². The molecule has 1 aliphatic rings. The SMILES string of the molecule is COc1ccc(F)cc1[C@@H](C)NCC1CCOCC1. The number of nitrogens with one attached hydrogen (secondary N) is 1. The minimum absolute atomic E-state index is 0.0773. The maximum atomic E-state index is 13.3. The van der Waals surface area contributed by atoms with Gasteiger partial charge in [0.2, 0.25) is 0 Å². The molecule has 0 radical (unpaired) electrons. The van der Waals surface area contributed by atoms with E-state index >= 15 is 0 Å². The maximum Gasteiger partial charge on any atom is 0.123 e. The molecule has 1 fully saturated rings. The van der Waals surface area contributed by atoms with E-state index in [-0.39, 0.29) is 11.9 Å². The first kappa shape index (κ1) is 14.3. The molecule has 0 bridgehead atoms. The third-order valence-corrected chi connectivity index (χ3v) is 3.71. The van der Waals surface area contributed by atoms with E-state index in [0.717, 1.165) is 43.9 Å². The second-order valence-electron chi connectivity index (χ2n) is 5.07. The van der Waals surface area contributed by atoms with Crippen LogP contribution in [0.4, 0.5) is 4.39 Å². The first-order valence-electron chi connectivity index (χ1n) is 6.85. The Kier molecular flexibility index (Phi) is 5.16. The Morgan fingerprint density at radius 3 is 2.84 bits per heavy atom. The Bertz CT molecular complexity index is 405. The lowest BCUT2D eigenvalue weighted by atomic mass is 9.99. The van der Waals surface area contributed by atoms with Gasteiger partial charge in [-0.15, -0.1) is 0 Å². The quantitative estimate of drug-likeness (QED) is 0.889. The highest BCUT2D eigenvalue weighted by molar-refractivity contribution is 5.36. The van der Waals surface area contributed by atoms with Crippen molar-refractivity contribution in [2.24, 2.45) is 5.92 Å². The third kappa shape index (κ3) is 3.91. The first-order chi connectivity index (χ1) is 9.20. The van der Waals surface area contributed by atoms with Gasteiger partial charge in [-0.2, -0.15) is 0 Å². The second-order valence-corrected chi connectivity index (χ2v) is 5.07. The molecule has 3 nitrogen and oxygen atoms in total. The lowest BCUT2D eigenvalue weighted by Crippen LogP contribution is -2.29. The standard InChI is InChI=1S/C15H22FNO2/c1-11(17-10-12-5-7-19-8-6-12)14-9-13(16)3-4-15(14)18-2/h3-4,9,11-12,17H,5-8,10H2,1-2H3/t11-/m1/s1. The molecule has 1 aromatic carbocycles. The van der Waals surface area contributed by atoms with E-state index in [1.54, 1.807) is 19.2 Å². The lowest BCUT2D eigenvalue weighted by Gasteiger charge is -2.25. The van der Waals surface area contributed by atoms with Gasteiger partial charge >= 0.3 is 0 Å². The van der Waals surface area contributed by atoms with Gasteiger partial charge in [-0.1, -0.05) is 0 Å². The van der Waals surface area contributed by atoms with Crippen molar-refractivity contribution in [1.29, 1.82) is 0 Å². The van der Waals surface area contributed by atoms with E-state index in [1.165, 1.54) is 6.07 Å². The largest absolute Gasteiger partial charge is 0.496 e. The highest BCUT2D eigenvalue weighted by Gasteiger charge is 2.17. The fourth-order valence-corrected chi connectivity index (χ4v) is 2.45. The molecule has 0 spiro atoms. The smallest absolute Gasteiger partial charge is 0.123 e. The predicted molar refractivity (Wildman–Crippen MR) is 72.9 cm³/mol. The zero-order valence-corrected chi connectivity index (χ0v) is 11.6. The molecule has 2 rings (SSSR count). The summed E-state index contributed by atoms with van der Waals surface area (Å²) < 4.78 is 24.0. The van der Waals surface area contributed by atoms with Gasteiger partial charge in [0.05, 0.1) is 7.11 Å². The Balaban J connectivity index is 1.94. The van der Waals surface area contributed by atoms with E-state index in [0.29, 0.717) is 5.92 Å². The van der Waals surface area contributed by atoms with E-state index < -0.39 is 0 Å². The number of hydrogen-bond donors (Lipinski definition) is 1. The zero-order chi connectivity index (χ0) is 13.7. The van der Waals surface area contributed by atoms with Crippen LogP contribution in [0.25, 0.3) is 0 Å². The molecule has 1 aliphatic heterocycles. The fourth-order valence-electron chi connectivity index (χ4n) is 2.45. The topological polar surface area (TPSA) is 30.5 Å². The molecule has 4 heteroatoms. The Morgan fingerprint density at radius 1 is 1.42 bits per heavy atom. The van der Waals surface area contributed by atoms with E-state index in [1.807, 2.05) is 6.92 Å². The molecule has 0 saturated carbocycles. The number of rotatable bonds is 5. The van der Waals surface area contributed by atoms with Gasteiger partial charge in [0.15, 0.2) is 0 Å². The average molecular weight is 267 g/mol. The number of halogens is 1. The predicted octanol–water partition coefficient (Wildman–Crippen LogP) is 2.91. The molecule has 1 heterocycles. The number of methoxy groups -OCH3 is 1. The molecular formula is C15H22FNO2. The van der Waals surface area contributed by atoms with E-state index in [9.17, 15) is 4.39 Å². The first-order valence-corrected chi connectivity index (χ1v) is 6.85. The molecular weight excluding hydrogens is 245 g/mol. The third-order valence-electron chi connectivity index (χ3n) is 3.71. The molecule has 19 heavy (non-hydrogen) atoms. The zero-order valence-electron chi connectivity index (χ0n) is 11.6. The van der Waals surface area contributed by atoms with Crippen LogP contribution < -0.4 is 10.1 Å². The molecule has 0 unspecified atom stereocenters. The summed E-state index contributed by atoms with van der Waals surface area (Å²) in [5.41, 5.74) is 0.870. The Hall–Kier alpha value is -1.13. The monoisotopic (exact) mass is 267 g/mol. The van der Waals surface area contributed by atoms with Gasteiger partial charge in [0.25, 0.3) is 0 Å². The number of benzene rings is 1. The maximum absolute atomic E-state index is 13.3. The van der Waals surface area contributed by atoms with Gasteiger partial charge in [-0.25, -0.2) is 4.39 Å². The van der Waals surface area contributed by atoms with Crippen LogP contribution in [0, 0.1) is 11.7 Å². The normalized spacial score (nSPS) is 18.3. The molecule has 106 valence electrons. The van der Waals surface area contributed by atoms with Gasteiger partial charge in [-0.3, -0.25) is 0 Å². The fraction of sp³-hybridized carbons (Fsp3) is 0.600. The Labute approximate surface area is 114 Å². The van der Waals surface area contributed by atoms with Crippen molar-refractivity contribution < 1.29 is 13.9 Å². The molecule has 1 aromatic rings. The summed E-state index contributed by atoms with van der Waals surface area (Å²) in [6.07, 6.45) is 2.19. The van der Waals surface area contributed by atoms with Gasteiger partial charge < -0.3 is 14.8 Å². The van der Waals surface area contributed by atoms with Crippen LogP contribution >= 0.6 is 0 Å². The Morgan fingerprint density at radius 2 is 2.16 bits per heavy atom. The van der Waals surface area contributed by atoms with Crippen molar-refractivity contribution in [3.63, 3.8) is 0 Å². The molecule has 1 N–H and O–H groups in total. The number of hydrogen-bond acceptors (Lipinski definition) is 3. The summed E-state index contributed by atoms with van der Waals surface area (Å²) in [4.78, 5) is 0. The molecule has 0 aliphatic carbocycles. The van der Waals surface area contributed by atoms with Crippen LogP contribution in [0.15, 0.2) is 18.2 Å². The minimum Gasteiger partial charge on any atom is -0.496 e. The van der Waals surface area contributed by atoms with Crippen molar-refractivity contribution in [1.82, 2.24) is 5.32 Å². The summed E-state index contributed by atoms with van der Waals surface area (Å²) in [6.45, 7) is 4.68. The summed E-state index contributed by atoms with van der Waals surface area (Å²) in [6, 6.07) is 4.72. The second kappa shape index (κ2) is 6.87. The molecule has 0 amide bonds. The van der Waals surface area contributed by atoms with Crippen molar-refractivity contribution >= 4 is 0 Å². The highest BCUT2D eigenvalue weighted by Crippen LogP contribution is 2.26. The summed E-state index contributed by atoms with van der Waals surface area (Å²) >= 11 is 0. The van der Waals surface area contributed by atoms with Crippen LogP contribution in [0.1, 0.15) is 31.4 Å². The van der Waals surface area contributed by atoms with Crippen LogP contribution in [-0.2, 0) is 4.74 Å². The van der Waals surface area contributed by atoms with Crippen molar-refractivity contribution in [3.05, 3.63) is 29.6 Å². The van der Waals surface area contributed by atoms with Crippen LogP contribution in [0.2, 0.25) is 0 Å².